The summed E-state index contributed by atoms with van der Waals surface area (Å²) in [4.78, 5) is 9.24. The Morgan fingerprint density at radius 3 is 2.61 bits per heavy atom. The van der Waals surface area contributed by atoms with Gasteiger partial charge in [-0.25, -0.2) is 19.2 Å². The molecule has 0 aliphatic heterocycles. The van der Waals surface area contributed by atoms with Crippen molar-refractivity contribution >= 4 is 16.7 Å². The first-order valence-corrected chi connectivity index (χ1v) is 10.7. The Hall–Kier alpha value is -4.46. The van der Waals surface area contributed by atoms with Gasteiger partial charge in [0.25, 0.3) is 0 Å². The van der Waals surface area contributed by atoms with Crippen LogP contribution in [0.5, 0.6) is 5.75 Å². The zero-order valence-electron chi connectivity index (χ0n) is 17.9. The van der Waals surface area contributed by atoms with Gasteiger partial charge in [-0.2, -0.15) is 5.10 Å². The Kier molecular flexibility index (Phi) is 4.61. The van der Waals surface area contributed by atoms with E-state index in [1.807, 2.05) is 54.6 Å². The van der Waals surface area contributed by atoms with Gasteiger partial charge in [0.05, 0.1) is 17.3 Å². The normalized spacial score (nSPS) is 11.4. The van der Waals surface area contributed by atoms with Crippen molar-refractivity contribution in [1.82, 2.24) is 29.4 Å². The number of ether oxygens (including phenoxy) is 1. The minimum absolute atomic E-state index is 0.328. The van der Waals surface area contributed by atoms with Gasteiger partial charge in [-0.3, -0.25) is 0 Å². The van der Waals surface area contributed by atoms with Crippen molar-refractivity contribution in [3.05, 3.63) is 90.6 Å². The molecule has 162 valence electrons. The van der Waals surface area contributed by atoms with Crippen LogP contribution in [0.2, 0.25) is 0 Å². The lowest BCUT2D eigenvalue weighted by molar-refractivity contribution is 0.271. The Labute approximate surface area is 189 Å². The fourth-order valence-electron chi connectivity index (χ4n) is 3.73. The lowest BCUT2D eigenvalue weighted by Gasteiger charge is -2.04. The van der Waals surface area contributed by atoms with Crippen molar-refractivity contribution in [3.8, 4) is 23.0 Å². The minimum Gasteiger partial charge on any atom is -0.486 e. The van der Waals surface area contributed by atoms with Crippen LogP contribution in [0.3, 0.4) is 0 Å². The second-order valence-corrected chi connectivity index (χ2v) is 7.63. The Bertz CT molecular complexity index is 1550. The molecule has 6 aromatic rings. The molecule has 8 heteroatoms. The van der Waals surface area contributed by atoms with E-state index in [9.17, 15) is 0 Å². The first-order chi connectivity index (χ1) is 16.3. The van der Waals surface area contributed by atoms with E-state index in [4.69, 9.17) is 14.1 Å². The van der Waals surface area contributed by atoms with Gasteiger partial charge in [0.2, 0.25) is 5.82 Å². The number of aryl methyl sites for hydroxylation is 1. The van der Waals surface area contributed by atoms with Crippen LogP contribution in [-0.4, -0.2) is 29.4 Å². The smallest absolute Gasteiger partial charge is 0.217 e. The highest BCUT2D eigenvalue weighted by Crippen LogP contribution is 2.24. The Morgan fingerprint density at radius 1 is 0.939 bits per heavy atom. The van der Waals surface area contributed by atoms with Crippen molar-refractivity contribution in [2.75, 3.05) is 0 Å². The number of fused-ring (bicyclic) bond motifs is 3. The number of rotatable bonds is 6. The molecule has 0 spiro atoms. The van der Waals surface area contributed by atoms with Crippen LogP contribution in [0.1, 0.15) is 18.2 Å². The third kappa shape index (κ3) is 3.51. The van der Waals surface area contributed by atoms with Gasteiger partial charge < -0.3 is 9.15 Å². The van der Waals surface area contributed by atoms with Crippen LogP contribution >= 0.6 is 0 Å². The average molecular weight is 436 g/mol. The molecule has 8 nitrogen and oxygen atoms in total. The summed E-state index contributed by atoms with van der Waals surface area (Å²) >= 11 is 0. The van der Waals surface area contributed by atoms with E-state index in [0.29, 0.717) is 29.6 Å². The zero-order chi connectivity index (χ0) is 22.2. The molecule has 33 heavy (non-hydrogen) atoms. The molecule has 0 fully saturated rings. The highest BCUT2D eigenvalue weighted by atomic mass is 16.5. The Balaban J connectivity index is 1.27. The number of para-hydroxylation sites is 1. The van der Waals surface area contributed by atoms with E-state index >= 15 is 0 Å². The molecule has 2 aromatic carbocycles. The van der Waals surface area contributed by atoms with E-state index in [1.54, 1.807) is 21.7 Å². The fourth-order valence-corrected chi connectivity index (χ4v) is 3.73. The molecule has 0 radical (unpaired) electrons. The number of benzene rings is 2. The number of hydrogen-bond acceptors (Lipinski definition) is 6. The maximum atomic E-state index is 5.95. The molecule has 0 saturated carbocycles. The van der Waals surface area contributed by atoms with Crippen LogP contribution in [0.15, 0.2) is 83.7 Å². The van der Waals surface area contributed by atoms with E-state index in [0.717, 1.165) is 28.9 Å². The summed E-state index contributed by atoms with van der Waals surface area (Å²) in [5, 5.41) is 9.85. The molecule has 0 aliphatic rings. The maximum Gasteiger partial charge on any atom is 0.217 e. The van der Waals surface area contributed by atoms with Gasteiger partial charge in [0.15, 0.2) is 17.1 Å². The highest BCUT2D eigenvalue weighted by molar-refractivity contribution is 5.89. The van der Waals surface area contributed by atoms with Crippen molar-refractivity contribution in [2.24, 2.45) is 0 Å². The van der Waals surface area contributed by atoms with Crippen molar-refractivity contribution < 1.29 is 9.15 Å². The number of furan rings is 1. The van der Waals surface area contributed by atoms with Gasteiger partial charge >= 0.3 is 0 Å². The second-order valence-electron chi connectivity index (χ2n) is 7.63. The van der Waals surface area contributed by atoms with Gasteiger partial charge in [0, 0.05) is 0 Å². The third-order valence-electron chi connectivity index (χ3n) is 5.50. The summed E-state index contributed by atoms with van der Waals surface area (Å²) in [6.45, 7) is 2.46. The summed E-state index contributed by atoms with van der Waals surface area (Å²) in [5.41, 5.74) is 3.60. The molecule has 0 bridgehead atoms. The predicted octanol–water partition coefficient (Wildman–Crippen LogP) is 4.86. The van der Waals surface area contributed by atoms with Gasteiger partial charge in [-0.05, 0) is 48.4 Å². The lowest BCUT2D eigenvalue weighted by Crippen LogP contribution is -1.98. The van der Waals surface area contributed by atoms with Gasteiger partial charge in [0.1, 0.15) is 24.4 Å². The molecule has 0 unspecified atom stereocenters. The van der Waals surface area contributed by atoms with Crippen molar-refractivity contribution in [2.45, 2.75) is 20.0 Å². The summed E-state index contributed by atoms with van der Waals surface area (Å²) in [5.74, 6) is 2.56. The first kappa shape index (κ1) is 19.2. The quantitative estimate of drug-likeness (QED) is 0.371. The van der Waals surface area contributed by atoms with E-state index in [2.05, 4.69) is 34.2 Å². The predicted molar refractivity (Wildman–Crippen MR) is 123 cm³/mol. The molecular weight excluding hydrogens is 416 g/mol. The van der Waals surface area contributed by atoms with Crippen LogP contribution in [0.25, 0.3) is 34.0 Å². The highest BCUT2D eigenvalue weighted by Gasteiger charge is 2.16. The van der Waals surface area contributed by atoms with Crippen LogP contribution < -0.4 is 4.74 Å². The molecular formula is C25H20N6O2. The van der Waals surface area contributed by atoms with E-state index < -0.39 is 0 Å². The largest absolute Gasteiger partial charge is 0.486 e. The van der Waals surface area contributed by atoms with E-state index in [1.165, 1.54) is 5.56 Å². The number of aromatic nitrogens is 6. The summed E-state index contributed by atoms with van der Waals surface area (Å²) in [7, 11) is 0. The second kappa shape index (κ2) is 7.90. The molecule has 4 aromatic heterocycles. The molecule has 4 heterocycles. The van der Waals surface area contributed by atoms with Crippen LogP contribution in [-0.2, 0) is 13.0 Å². The lowest BCUT2D eigenvalue weighted by atomic mass is 10.2. The average Bonchev–Trinajstić information content (AvgIpc) is 3.61. The molecule has 0 atom stereocenters. The summed E-state index contributed by atoms with van der Waals surface area (Å²) in [6, 6.07) is 21.7. The first-order valence-electron chi connectivity index (χ1n) is 10.7. The van der Waals surface area contributed by atoms with E-state index in [-0.39, 0.29) is 0 Å². The molecule has 0 N–H and O–H groups in total. The zero-order valence-corrected chi connectivity index (χ0v) is 17.9. The maximum absolute atomic E-state index is 5.95. The summed E-state index contributed by atoms with van der Waals surface area (Å²) < 4.78 is 15.2. The third-order valence-corrected chi connectivity index (χ3v) is 5.50. The van der Waals surface area contributed by atoms with Crippen LogP contribution in [0, 0.1) is 0 Å². The molecule has 0 aliphatic carbocycles. The number of nitrogens with zero attached hydrogens (tertiary/aromatic N) is 6. The van der Waals surface area contributed by atoms with Crippen LogP contribution in [0.4, 0.5) is 0 Å². The SMILES string of the molecule is CCc1ccc(OCc2ccc(-c3nc4c5cnn(-c6ccccc6)c5ncn4n3)o2)cc1. The summed E-state index contributed by atoms with van der Waals surface area (Å²) in [6.07, 6.45) is 4.40. The standard InChI is InChI=1S/C25H20N6O2/c1-2-17-8-10-19(11-9-17)32-15-20-12-13-22(33-20)23-28-25-21-14-27-31(18-6-4-3-5-7-18)24(21)26-16-30(25)29-23/h3-14,16H,2,15H2,1H3. The van der Waals surface area contributed by atoms with Crippen molar-refractivity contribution in [1.29, 1.82) is 0 Å². The number of hydrogen-bond donors (Lipinski definition) is 0. The Morgan fingerprint density at radius 2 is 1.79 bits per heavy atom. The van der Waals surface area contributed by atoms with Gasteiger partial charge in [-0.15, -0.1) is 5.10 Å². The molecule has 0 saturated heterocycles. The molecule has 0 amide bonds. The molecule has 6 rings (SSSR count). The van der Waals surface area contributed by atoms with Crippen molar-refractivity contribution in [3.63, 3.8) is 0 Å². The minimum atomic E-state index is 0.328. The fraction of sp³-hybridized carbons (Fsp3) is 0.120. The topological polar surface area (TPSA) is 83.3 Å². The van der Waals surface area contributed by atoms with Gasteiger partial charge in [-0.1, -0.05) is 37.3 Å². The monoisotopic (exact) mass is 436 g/mol.